The summed E-state index contributed by atoms with van der Waals surface area (Å²) in [5.74, 6) is 0.686. The third-order valence-electron chi connectivity index (χ3n) is 4.20. The van der Waals surface area contributed by atoms with Crippen LogP contribution in [0.15, 0.2) is 24.5 Å². The van der Waals surface area contributed by atoms with Crippen LogP contribution in [0.3, 0.4) is 0 Å². The molecule has 6 nitrogen and oxygen atoms in total. The van der Waals surface area contributed by atoms with Crippen LogP contribution in [0.2, 0.25) is 0 Å². The molecule has 1 aliphatic rings. The number of fused-ring (bicyclic) bond motifs is 1. The fraction of sp³-hybridized carbons (Fsp3) is 0.467. The second-order valence-electron chi connectivity index (χ2n) is 5.78. The van der Waals surface area contributed by atoms with Gasteiger partial charge in [-0.3, -0.25) is 10.1 Å². The van der Waals surface area contributed by atoms with Crippen LogP contribution in [-0.4, -0.2) is 21.4 Å². The lowest BCUT2D eigenvalue weighted by Gasteiger charge is -2.16. The first-order chi connectivity index (χ1) is 10.1. The van der Waals surface area contributed by atoms with E-state index in [9.17, 15) is 10.1 Å². The largest absolute Gasteiger partial charge is 0.369 e. The zero-order valence-corrected chi connectivity index (χ0v) is 12.0. The highest BCUT2D eigenvalue weighted by Gasteiger charge is 2.41. The number of rotatable bonds is 6. The molecule has 110 valence electrons. The Balaban J connectivity index is 1.87. The van der Waals surface area contributed by atoms with Gasteiger partial charge in [0.15, 0.2) is 0 Å². The lowest BCUT2D eigenvalue weighted by molar-refractivity contribution is -0.384. The van der Waals surface area contributed by atoms with Crippen molar-refractivity contribution in [3.63, 3.8) is 0 Å². The summed E-state index contributed by atoms with van der Waals surface area (Å²) in [7, 11) is 0. The predicted molar refractivity (Wildman–Crippen MR) is 81.3 cm³/mol. The Bertz CT molecular complexity index is 682. The molecular formula is C15H18N4O2. The molecule has 0 bridgehead atoms. The lowest BCUT2D eigenvalue weighted by Crippen LogP contribution is -2.16. The van der Waals surface area contributed by atoms with E-state index in [2.05, 4.69) is 22.2 Å². The number of anilines is 1. The first-order valence-electron chi connectivity index (χ1n) is 7.27. The molecular weight excluding hydrogens is 268 g/mol. The molecule has 0 unspecified atom stereocenters. The van der Waals surface area contributed by atoms with Gasteiger partial charge in [0.2, 0.25) is 0 Å². The maximum absolute atomic E-state index is 10.9. The number of non-ortho nitro benzene ring substituents is 1. The molecule has 3 rings (SSSR count). The number of nitrogens with zero attached hydrogens (tertiary/aromatic N) is 3. The van der Waals surface area contributed by atoms with Crippen LogP contribution in [0.25, 0.3) is 10.9 Å². The molecule has 0 saturated heterocycles. The summed E-state index contributed by atoms with van der Waals surface area (Å²) in [6.07, 6.45) is 6.38. The molecule has 1 N–H and O–H groups in total. The van der Waals surface area contributed by atoms with Crippen molar-refractivity contribution < 1.29 is 4.92 Å². The van der Waals surface area contributed by atoms with Gasteiger partial charge in [-0.15, -0.1) is 0 Å². The van der Waals surface area contributed by atoms with Gasteiger partial charge in [0.25, 0.3) is 5.69 Å². The number of nitro benzene ring substituents is 1. The molecule has 0 amide bonds. The van der Waals surface area contributed by atoms with Crippen molar-refractivity contribution in [2.24, 2.45) is 5.41 Å². The summed E-state index contributed by atoms with van der Waals surface area (Å²) in [5, 5.41) is 15.0. The fourth-order valence-electron chi connectivity index (χ4n) is 2.79. The molecule has 1 saturated carbocycles. The Kier molecular flexibility index (Phi) is 3.45. The normalized spacial score (nSPS) is 15.9. The molecule has 1 aliphatic carbocycles. The molecule has 0 radical (unpaired) electrons. The van der Waals surface area contributed by atoms with Crippen molar-refractivity contribution in [2.75, 3.05) is 11.9 Å². The highest BCUT2D eigenvalue weighted by molar-refractivity contribution is 5.90. The smallest absolute Gasteiger partial charge is 0.270 e. The highest BCUT2D eigenvalue weighted by atomic mass is 16.6. The van der Waals surface area contributed by atoms with Gasteiger partial charge < -0.3 is 5.32 Å². The maximum atomic E-state index is 10.9. The highest BCUT2D eigenvalue weighted by Crippen LogP contribution is 2.49. The van der Waals surface area contributed by atoms with Crippen molar-refractivity contribution in [2.45, 2.75) is 32.6 Å². The van der Waals surface area contributed by atoms with E-state index in [4.69, 9.17) is 0 Å². The summed E-state index contributed by atoms with van der Waals surface area (Å²) in [4.78, 5) is 18.9. The van der Waals surface area contributed by atoms with Crippen LogP contribution in [0, 0.1) is 15.5 Å². The van der Waals surface area contributed by atoms with E-state index >= 15 is 0 Å². The van der Waals surface area contributed by atoms with Crippen LogP contribution in [0.1, 0.15) is 32.6 Å². The Morgan fingerprint density at radius 2 is 2.19 bits per heavy atom. The minimum Gasteiger partial charge on any atom is -0.369 e. The van der Waals surface area contributed by atoms with Crippen LogP contribution < -0.4 is 5.32 Å². The van der Waals surface area contributed by atoms with Gasteiger partial charge in [-0.05, 0) is 30.7 Å². The van der Waals surface area contributed by atoms with E-state index in [1.165, 1.54) is 44.1 Å². The molecule has 1 fully saturated rings. The van der Waals surface area contributed by atoms with Crippen LogP contribution >= 0.6 is 0 Å². The van der Waals surface area contributed by atoms with Gasteiger partial charge in [0.05, 0.1) is 10.4 Å². The van der Waals surface area contributed by atoms with Gasteiger partial charge in [-0.2, -0.15) is 0 Å². The van der Waals surface area contributed by atoms with Crippen molar-refractivity contribution in [1.82, 2.24) is 9.97 Å². The first kappa shape index (κ1) is 13.7. The fourth-order valence-corrected chi connectivity index (χ4v) is 2.79. The number of aromatic nitrogens is 2. The topological polar surface area (TPSA) is 81.0 Å². The minimum atomic E-state index is -0.393. The quantitative estimate of drug-likeness (QED) is 0.649. The van der Waals surface area contributed by atoms with E-state index in [1.54, 1.807) is 6.07 Å². The zero-order valence-electron chi connectivity index (χ0n) is 12.0. The summed E-state index contributed by atoms with van der Waals surface area (Å²) >= 11 is 0. The van der Waals surface area contributed by atoms with Crippen molar-refractivity contribution in [3.8, 4) is 0 Å². The number of nitrogens with one attached hydrogen (secondary N) is 1. The molecule has 0 aliphatic heterocycles. The Labute approximate surface area is 122 Å². The number of hydrogen-bond donors (Lipinski definition) is 1. The first-order valence-corrected chi connectivity index (χ1v) is 7.27. The molecule has 6 heteroatoms. The molecule has 0 spiro atoms. The third-order valence-corrected chi connectivity index (χ3v) is 4.20. The molecule has 21 heavy (non-hydrogen) atoms. The molecule has 2 aromatic rings. The van der Waals surface area contributed by atoms with Gasteiger partial charge >= 0.3 is 0 Å². The SMILES string of the molecule is CCCC1(CNc2ncnc3ccc([N+](=O)[O-])cc23)CC1. The van der Waals surface area contributed by atoms with E-state index in [1.807, 2.05) is 0 Å². The van der Waals surface area contributed by atoms with Gasteiger partial charge in [0, 0.05) is 24.1 Å². The Hall–Kier alpha value is -2.24. The van der Waals surface area contributed by atoms with E-state index in [0.29, 0.717) is 16.6 Å². The average molecular weight is 286 g/mol. The van der Waals surface area contributed by atoms with Gasteiger partial charge in [0.1, 0.15) is 12.1 Å². The second-order valence-corrected chi connectivity index (χ2v) is 5.78. The third kappa shape index (κ3) is 2.79. The number of benzene rings is 1. The molecule has 1 heterocycles. The van der Waals surface area contributed by atoms with Gasteiger partial charge in [-0.1, -0.05) is 13.3 Å². The number of nitro groups is 1. The monoisotopic (exact) mass is 286 g/mol. The van der Waals surface area contributed by atoms with Crippen LogP contribution in [0.5, 0.6) is 0 Å². The van der Waals surface area contributed by atoms with E-state index in [-0.39, 0.29) is 5.69 Å². The van der Waals surface area contributed by atoms with Crippen molar-refractivity contribution >= 4 is 22.4 Å². The maximum Gasteiger partial charge on any atom is 0.270 e. The van der Waals surface area contributed by atoms with Crippen molar-refractivity contribution in [1.29, 1.82) is 0 Å². The van der Waals surface area contributed by atoms with E-state index < -0.39 is 4.92 Å². The number of hydrogen-bond acceptors (Lipinski definition) is 5. The van der Waals surface area contributed by atoms with Crippen molar-refractivity contribution in [3.05, 3.63) is 34.6 Å². The average Bonchev–Trinajstić information content (AvgIpc) is 3.25. The van der Waals surface area contributed by atoms with Gasteiger partial charge in [-0.25, -0.2) is 9.97 Å². The summed E-state index contributed by atoms with van der Waals surface area (Å²) in [5.41, 5.74) is 1.18. The Morgan fingerprint density at radius 3 is 2.86 bits per heavy atom. The molecule has 1 aromatic heterocycles. The summed E-state index contributed by atoms with van der Waals surface area (Å²) < 4.78 is 0. The standard InChI is InChI=1S/C15H18N4O2/c1-2-5-15(6-7-15)9-16-14-12-8-11(19(20)21)3-4-13(12)17-10-18-14/h3-4,8,10H,2,5-7,9H2,1H3,(H,16,17,18). The summed E-state index contributed by atoms with van der Waals surface area (Å²) in [6, 6.07) is 4.68. The second kappa shape index (κ2) is 5.27. The predicted octanol–water partition coefficient (Wildman–Crippen LogP) is 3.53. The Morgan fingerprint density at radius 1 is 1.38 bits per heavy atom. The zero-order chi connectivity index (χ0) is 14.9. The molecule has 1 aromatic carbocycles. The van der Waals surface area contributed by atoms with E-state index in [0.717, 1.165) is 12.1 Å². The van der Waals surface area contributed by atoms with Crippen LogP contribution in [-0.2, 0) is 0 Å². The lowest BCUT2D eigenvalue weighted by atomic mass is 10.0. The summed E-state index contributed by atoms with van der Waals surface area (Å²) in [6.45, 7) is 3.07. The minimum absolute atomic E-state index is 0.0649. The molecule has 0 atom stereocenters. The van der Waals surface area contributed by atoms with Crippen LogP contribution in [0.4, 0.5) is 11.5 Å².